The molecule has 0 spiro atoms. The van der Waals surface area contributed by atoms with E-state index < -0.39 is 28.3 Å². The minimum absolute atomic E-state index is 0. The number of halogens is 3. The summed E-state index contributed by atoms with van der Waals surface area (Å²) in [5.41, 5.74) is 14.9. The van der Waals surface area contributed by atoms with Crippen LogP contribution in [0.5, 0.6) is 0 Å². The van der Waals surface area contributed by atoms with E-state index in [4.69, 9.17) is 0 Å². The average molecular weight is 684 g/mol. The molecule has 0 amide bonds. The summed E-state index contributed by atoms with van der Waals surface area (Å²) < 4.78 is 2.92. The maximum Gasteiger partial charge on any atom is -1.00 e. The summed E-state index contributed by atoms with van der Waals surface area (Å²) in [6.07, 6.45) is 4.70. The maximum atomic E-state index is 3.82. The first kappa shape index (κ1) is 28.8. The molecule has 0 bridgehead atoms. The van der Waals surface area contributed by atoms with Gasteiger partial charge in [-0.15, -0.1) is 0 Å². The summed E-state index contributed by atoms with van der Waals surface area (Å²) in [6.45, 7) is 7.46. The molecule has 4 aromatic carbocycles. The van der Waals surface area contributed by atoms with Crippen molar-refractivity contribution < 1.29 is 47.2 Å². The van der Waals surface area contributed by atoms with Gasteiger partial charge in [0.15, 0.2) is 0 Å². The van der Waals surface area contributed by atoms with E-state index >= 15 is 0 Å². The van der Waals surface area contributed by atoms with Crippen LogP contribution in [0.1, 0.15) is 47.1 Å². The molecule has 0 saturated carbocycles. The third-order valence-electron chi connectivity index (χ3n) is 7.49. The van der Waals surface area contributed by atoms with Crippen LogP contribution >= 0.6 is 15.9 Å². The van der Waals surface area contributed by atoms with E-state index in [0.29, 0.717) is 5.92 Å². The van der Waals surface area contributed by atoms with Crippen molar-refractivity contribution in [3.63, 3.8) is 0 Å². The fourth-order valence-corrected chi connectivity index (χ4v) is 14.8. The smallest absolute Gasteiger partial charge is 1.00 e. The number of fused-ring (bicyclic) bond motifs is 4. The van der Waals surface area contributed by atoms with Gasteiger partial charge >= 0.3 is 231 Å². The average Bonchev–Trinajstić information content (AvgIpc) is 3.42. The first-order valence-electron chi connectivity index (χ1n) is 12.7. The molecule has 2 aliphatic carbocycles. The Hall–Kier alpha value is -1.22. The number of rotatable bonds is 5. The molecule has 186 valence electrons. The second-order valence-electron chi connectivity index (χ2n) is 9.98. The van der Waals surface area contributed by atoms with Gasteiger partial charge in [0.2, 0.25) is 0 Å². The molecule has 1 atom stereocenters. The SMILES string of the molecule is CCC1=Cc2c(-c3ccccc3Br)cccc2C1c1[c]([Zr+2][SiH](C)C)ccc2c1Cc1ccccc1-2.[Cl-].[Cl-]. The summed E-state index contributed by atoms with van der Waals surface area (Å²) in [5.74, 6) is -0.213. The van der Waals surface area contributed by atoms with Crippen LogP contribution in [0, 0.1) is 0 Å². The number of allylic oxidation sites excluding steroid dienone is 1. The van der Waals surface area contributed by atoms with Crippen LogP contribution < -0.4 is 28.1 Å². The molecule has 6 rings (SSSR count). The topological polar surface area (TPSA) is 0 Å². The summed E-state index contributed by atoms with van der Waals surface area (Å²) in [4.78, 5) is 0. The second kappa shape index (κ2) is 11.9. The molecule has 0 N–H and O–H groups in total. The van der Waals surface area contributed by atoms with Crippen LogP contribution in [-0.4, -0.2) is 5.92 Å². The normalized spacial score (nSPS) is 14.6. The van der Waals surface area contributed by atoms with Crippen molar-refractivity contribution in [2.75, 3.05) is 0 Å². The largest absolute Gasteiger partial charge is 1.00 e. The molecule has 0 aliphatic heterocycles. The Kier molecular flexibility index (Phi) is 9.25. The number of hydrogen-bond acceptors (Lipinski definition) is 0. The molecule has 0 heterocycles. The van der Waals surface area contributed by atoms with E-state index in [-0.39, 0.29) is 24.8 Å². The van der Waals surface area contributed by atoms with Gasteiger partial charge in [-0.3, -0.25) is 0 Å². The van der Waals surface area contributed by atoms with Crippen molar-refractivity contribution in [1.29, 1.82) is 0 Å². The van der Waals surface area contributed by atoms with Gasteiger partial charge < -0.3 is 24.8 Å². The minimum atomic E-state index is -0.607. The molecule has 0 fully saturated rings. The van der Waals surface area contributed by atoms with Gasteiger partial charge in [0, 0.05) is 0 Å². The van der Waals surface area contributed by atoms with Crippen LogP contribution in [0.25, 0.3) is 28.3 Å². The Bertz CT molecular complexity index is 1490. The third-order valence-corrected chi connectivity index (χ3v) is 16.7. The van der Waals surface area contributed by atoms with Crippen molar-refractivity contribution in [1.82, 2.24) is 0 Å². The summed E-state index contributed by atoms with van der Waals surface area (Å²) >= 11 is 3.25. The fourth-order valence-electron chi connectivity index (χ4n) is 6.03. The van der Waals surface area contributed by atoms with Crippen molar-refractivity contribution in [2.45, 2.75) is 38.8 Å². The van der Waals surface area contributed by atoms with Crippen LogP contribution in [-0.2, 0) is 28.8 Å². The molecule has 1 unspecified atom stereocenters. The van der Waals surface area contributed by atoms with E-state index in [1.807, 2.05) is 0 Å². The van der Waals surface area contributed by atoms with Gasteiger partial charge in [0.1, 0.15) is 0 Å². The summed E-state index contributed by atoms with van der Waals surface area (Å²) in [5, 5.41) is 0. The van der Waals surface area contributed by atoms with Crippen molar-refractivity contribution >= 4 is 31.2 Å². The molecule has 4 aromatic rings. The molecule has 2 aliphatic rings. The van der Waals surface area contributed by atoms with E-state index in [1.165, 1.54) is 43.4 Å². The van der Waals surface area contributed by atoms with Gasteiger partial charge in [0.25, 0.3) is 0 Å². The molecular formula is C32H29BrCl2SiZr. The van der Waals surface area contributed by atoms with Crippen molar-refractivity contribution in [2.24, 2.45) is 0 Å². The zero-order chi connectivity index (χ0) is 24.1. The number of hydrogen-bond donors (Lipinski definition) is 0. The van der Waals surface area contributed by atoms with Gasteiger partial charge in [0.05, 0.1) is 0 Å². The quantitative estimate of drug-likeness (QED) is 0.250. The molecular weight excluding hydrogens is 654 g/mol. The molecule has 0 aromatic heterocycles. The zero-order valence-electron chi connectivity index (χ0n) is 21.3. The Morgan fingerprint density at radius 1 is 0.811 bits per heavy atom. The van der Waals surface area contributed by atoms with E-state index in [2.05, 4.69) is 121 Å². The molecule has 0 nitrogen and oxygen atoms in total. The Morgan fingerprint density at radius 3 is 2.24 bits per heavy atom. The Balaban J connectivity index is 0.00000160. The standard InChI is InChI=1S/C30H22Br.C2H7Si.2ClH.Zr/c1-2-19-17-27-23(24-11-5-6-16-29(24)31)13-8-15-25(27)30(19)26-14-7-12-22-21-10-4-3-9-20(21)18-28(22)26;1-3-2;;;/h3-13,15-17,30H,2,18H2,1H3;3H,1-2H3;2*1H;/q;;;;+2/p-2. The van der Waals surface area contributed by atoms with Gasteiger partial charge in [-0.2, -0.15) is 0 Å². The third kappa shape index (κ3) is 5.08. The van der Waals surface area contributed by atoms with Crippen LogP contribution in [0.4, 0.5) is 0 Å². The van der Waals surface area contributed by atoms with Crippen LogP contribution in [0.2, 0.25) is 13.1 Å². The van der Waals surface area contributed by atoms with Crippen LogP contribution in [0.15, 0.2) is 88.9 Å². The Morgan fingerprint density at radius 2 is 1.51 bits per heavy atom. The second-order valence-corrected chi connectivity index (χ2v) is 25.4. The van der Waals surface area contributed by atoms with Crippen LogP contribution in [0.3, 0.4) is 0 Å². The first-order chi connectivity index (χ1) is 17.1. The van der Waals surface area contributed by atoms with Crippen molar-refractivity contribution in [3.8, 4) is 22.3 Å². The first-order valence-corrected chi connectivity index (χ1v) is 21.8. The summed E-state index contributed by atoms with van der Waals surface area (Å²) in [7, 11) is 0. The number of benzene rings is 4. The van der Waals surface area contributed by atoms with E-state index in [1.54, 1.807) is 20.0 Å². The predicted octanol–water partition coefficient (Wildman–Crippen LogP) is 2.33. The maximum absolute atomic E-state index is 3.82. The fraction of sp³-hybridized carbons (Fsp3) is 0.188. The molecule has 0 radical (unpaired) electrons. The van der Waals surface area contributed by atoms with E-state index in [0.717, 1.165) is 12.8 Å². The van der Waals surface area contributed by atoms with E-state index in [9.17, 15) is 0 Å². The van der Waals surface area contributed by atoms with Crippen molar-refractivity contribution in [3.05, 3.63) is 117 Å². The Labute approximate surface area is 254 Å². The monoisotopic (exact) mass is 680 g/mol. The predicted molar refractivity (Wildman–Crippen MR) is 153 cm³/mol. The minimum Gasteiger partial charge on any atom is -1.00 e. The zero-order valence-corrected chi connectivity index (χ0v) is 28.0. The van der Waals surface area contributed by atoms with Gasteiger partial charge in [-0.05, 0) is 0 Å². The summed E-state index contributed by atoms with van der Waals surface area (Å²) in [6, 6.07) is 29.7. The molecule has 0 saturated heterocycles. The van der Waals surface area contributed by atoms with Gasteiger partial charge in [-0.1, -0.05) is 0 Å². The molecule has 37 heavy (non-hydrogen) atoms. The van der Waals surface area contributed by atoms with Gasteiger partial charge in [-0.25, -0.2) is 0 Å². The molecule has 5 heteroatoms.